The van der Waals surface area contributed by atoms with E-state index in [0.29, 0.717) is 17.0 Å². The summed E-state index contributed by atoms with van der Waals surface area (Å²) in [6, 6.07) is 8.98. The molecule has 20 heavy (non-hydrogen) atoms. The van der Waals surface area contributed by atoms with Gasteiger partial charge >= 0.3 is 0 Å². The summed E-state index contributed by atoms with van der Waals surface area (Å²) in [6.45, 7) is 0. The summed E-state index contributed by atoms with van der Waals surface area (Å²) in [5.41, 5.74) is 1.34. The Labute approximate surface area is 121 Å². The van der Waals surface area contributed by atoms with E-state index in [2.05, 4.69) is 4.98 Å². The minimum atomic E-state index is -2.93. The molecule has 1 unspecified atom stereocenters. The zero-order valence-electron chi connectivity index (χ0n) is 10.7. The van der Waals surface area contributed by atoms with E-state index < -0.39 is 9.84 Å². The Kier molecular flexibility index (Phi) is 3.43. The topological polar surface area (TPSA) is 64.1 Å². The number of benzene rings is 1. The van der Waals surface area contributed by atoms with E-state index in [1.54, 1.807) is 12.1 Å². The second kappa shape index (κ2) is 5.10. The average Bonchev–Trinajstić information content (AvgIpc) is 3.05. The molecular weight excluding hydrogens is 294 g/mol. The Bertz CT molecular complexity index is 735. The number of hydrogen-bond donors (Lipinski definition) is 0. The minimum Gasteiger partial charge on any atom is -0.286 e. The molecule has 1 aromatic carbocycles. The van der Waals surface area contributed by atoms with Crippen LogP contribution in [0.1, 0.15) is 33.4 Å². The molecule has 0 aliphatic carbocycles. The molecule has 0 saturated carbocycles. The first-order valence-corrected chi connectivity index (χ1v) is 9.01. The van der Waals surface area contributed by atoms with Crippen LogP contribution in [0.5, 0.6) is 0 Å². The molecule has 0 bridgehead atoms. The third-order valence-corrected chi connectivity index (χ3v) is 6.03. The summed E-state index contributed by atoms with van der Waals surface area (Å²) in [6.07, 6.45) is 0.602. The number of sulfone groups is 1. The van der Waals surface area contributed by atoms with E-state index in [-0.39, 0.29) is 23.2 Å². The van der Waals surface area contributed by atoms with Crippen molar-refractivity contribution < 1.29 is 13.2 Å². The standard InChI is InChI=1S/C14H13NO3S2/c16-13(10-4-2-1-3-5-10)14-15-12(8-19-14)11-6-7-20(17,18)9-11/h1-5,8,11H,6-7,9H2. The number of ketones is 1. The van der Waals surface area contributed by atoms with E-state index >= 15 is 0 Å². The molecule has 0 amide bonds. The normalized spacial score (nSPS) is 20.9. The lowest BCUT2D eigenvalue weighted by molar-refractivity contribution is 0.103. The maximum Gasteiger partial charge on any atom is 0.221 e. The highest BCUT2D eigenvalue weighted by atomic mass is 32.2. The summed E-state index contributed by atoms with van der Waals surface area (Å²) in [7, 11) is -2.93. The zero-order valence-corrected chi connectivity index (χ0v) is 12.3. The van der Waals surface area contributed by atoms with Crippen molar-refractivity contribution in [1.29, 1.82) is 0 Å². The fourth-order valence-electron chi connectivity index (χ4n) is 2.32. The summed E-state index contributed by atoms with van der Waals surface area (Å²) in [5.74, 6) is 0.198. The molecule has 0 radical (unpaired) electrons. The van der Waals surface area contributed by atoms with Crippen LogP contribution in [-0.4, -0.2) is 30.7 Å². The van der Waals surface area contributed by atoms with Gasteiger partial charge in [-0.3, -0.25) is 4.79 Å². The van der Waals surface area contributed by atoms with Crippen molar-refractivity contribution >= 4 is 27.0 Å². The van der Waals surface area contributed by atoms with Crippen LogP contribution in [0, 0.1) is 0 Å². The monoisotopic (exact) mass is 307 g/mol. The van der Waals surface area contributed by atoms with Crippen molar-refractivity contribution in [2.24, 2.45) is 0 Å². The Hall–Kier alpha value is -1.53. The van der Waals surface area contributed by atoms with Crippen LogP contribution >= 0.6 is 11.3 Å². The lowest BCUT2D eigenvalue weighted by Crippen LogP contribution is -2.05. The third-order valence-electron chi connectivity index (χ3n) is 3.40. The molecule has 104 valence electrons. The highest BCUT2D eigenvalue weighted by Crippen LogP contribution is 2.30. The SMILES string of the molecule is O=C(c1ccccc1)c1nc(C2CCS(=O)(=O)C2)cs1. The van der Waals surface area contributed by atoms with Crippen molar-refractivity contribution in [2.45, 2.75) is 12.3 Å². The Morgan fingerprint density at radius 1 is 1.25 bits per heavy atom. The van der Waals surface area contributed by atoms with Gasteiger partial charge in [0.15, 0.2) is 14.8 Å². The van der Waals surface area contributed by atoms with Crippen molar-refractivity contribution in [3.05, 3.63) is 52.0 Å². The summed E-state index contributed by atoms with van der Waals surface area (Å²) < 4.78 is 23.0. The molecule has 1 aliphatic rings. The first-order valence-electron chi connectivity index (χ1n) is 6.31. The van der Waals surface area contributed by atoms with Gasteiger partial charge in [0.05, 0.1) is 17.2 Å². The first-order chi connectivity index (χ1) is 9.55. The molecule has 0 N–H and O–H groups in total. The first kappa shape index (κ1) is 13.5. The Balaban J connectivity index is 1.83. The van der Waals surface area contributed by atoms with Crippen molar-refractivity contribution in [3.63, 3.8) is 0 Å². The van der Waals surface area contributed by atoms with Crippen molar-refractivity contribution in [1.82, 2.24) is 4.98 Å². The van der Waals surface area contributed by atoms with Gasteiger partial charge in [-0.2, -0.15) is 0 Å². The zero-order chi connectivity index (χ0) is 14.2. The molecule has 1 saturated heterocycles. The van der Waals surface area contributed by atoms with Crippen LogP contribution < -0.4 is 0 Å². The van der Waals surface area contributed by atoms with Gasteiger partial charge in [-0.05, 0) is 6.42 Å². The molecule has 2 aromatic rings. The maximum atomic E-state index is 12.2. The lowest BCUT2D eigenvalue weighted by Gasteiger charge is -2.01. The quantitative estimate of drug-likeness (QED) is 0.816. The van der Waals surface area contributed by atoms with Gasteiger partial charge in [0, 0.05) is 16.9 Å². The van der Waals surface area contributed by atoms with Gasteiger partial charge in [-0.1, -0.05) is 30.3 Å². The molecule has 1 atom stereocenters. The number of aromatic nitrogens is 1. The summed E-state index contributed by atoms with van der Waals surface area (Å²) >= 11 is 1.28. The Morgan fingerprint density at radius 3 is 2.65 bits per heavy atom. The molecule has 1 aliphatic heterocycles. The smallest absolute Gasteiger partial charge is 0.221 e. The number of thiazole rings is 1. The largest absolute Gasteiger partial charge is 0.286 e. The molecular formula is C14H13NO3S2. The lowest BCUT2D eigenvalue weighted by atomic mass is 10.1. The summed E-state index contributed by atoms with van der Waals surface area (Å²) in [4.78, 5) is 16.6. The second-order valence-corrected chi connectivity index (χ2v) is 7.96. The van der Waals surface area contributed by atoms with Crippen molar-refractivity contribution in [3.8, 4) is 0 Å². The van der Waals surface area contributed by atoms with Crippen LogP contribution in [0.3, 0.4) is 0 Å². The fraction of sp³-hybridized carbons (Fsp3) is 0.286. The molecule has 1 fully saturated rings. The molecule has 0 spiro atoms. The Morgan fingerprint density at radius 2 is 2.00 bits per heavy atom. The van der Waals surface area contributed by atoms with Crippen LogP contribution in [0.4, 0.5) is 0 Å². The summed E-state index contributed by atoms with van der Waals surface area (Å²) in [5, 5.41) is 2.23. The molecule has 4 nitrogen and oxygen atoms in total. The van der Waals surface area contributed by atoms with Gasteiger partial charge in [0.2, 0.25) is 5.78 Å². The fourth-order valence-corrected chi connectivity index (χ4v) is 4.94. The van der Waals surface area contributed by atoms with Gasteiger partial charge in [0.25, 0.3) is 0 Å². The van der Waals surface area contributed by atoms with Gasteiger partial charge in [0.1, 0.15) is 0 Å². The van der Waals surface area contributed by atoms with Crippen LogP contribution in [0.15, 0.2) is 35.7 Å². The highest BCUT2D eigenvalue weighted by molar-refractivity contribution is 7.91. The van der Waals surface area contributed by atoms with Gasteiger partial charge in [-0.25, -0.2) is 13.4 Å². The predicted octanol–water partition coefficient (Wildman–Crippen LogP) is 2.28. The molecule has 3 rings (SSSR count). The van der Waals surface area contributed by atoms with Gasteiger partial charge in [-0.15, -0.1) is 11.3 Å². The molecule has 1 aromatic heterocycles. The van der Waals surface area contributed by atoms with Crippen LogP contribution in [0.25, 0.3) is 0 Å². The number of carbonyl (C=O) groups excluding carboxylic acids is 1. The molecule has 2 heterocycles. The van der Waals surface area contributed by atoms with E-state index in [0.717, 1.165) is 5.69 Å². The second-order valence-electron chi connectivity index (χ2n) is 4.87. The maximum absolute atomic E-state index is 12.2. The number of carbonyl (C=O) groups is 1. The predicted molar refractivity (Wildman–Crippen MR) is 78.0 cm³/mol. The third kappa shape index (κ3) is 2.66. The number of nitrogens with zero attached hydrogens (tertiary/aromatic N) is 1. The van der Waals surface area contributed by atoms with Crippen LogP contribution in [0.2, 0.25) is 0 Å². The molecule has 6 heteroatoms. The van der Waals surface area contributed by atoms with E-state index in [1.807, 2.05) is 23.6 Å². The average molecular weight is 307 g/mol. The van der Waals surface area contributed by atoms with Gasteiger partial charge < -0.3 is 0 Å². The van der Waals surface area contributed by atoms with Crippen molar-refractivity contribution in [2.75, 3.05) is 11.5 Å². The van der Waals surface area contributed by atoms with E-state index in [9.17, 15) is 13.2 Å². The number of rotatable bonds is 3. The van der Waals surface area contributed by atoms with E-state index in [4.69, 9.17) is 0 Å². The van der Waals surface area contributed by atoms with Crippen LogP contribution in [-0.2, 0) is 9.84 Å². The van der Waals surface area contributed by atoms with E-state index in [1.165, 1.54) is 11.3 Å². The minimum absolute atomic E-state index is 0.0615. The highest BCUT2D eigenvalue weighted by Gasteiger charge is 2.31. The number of hydrogen-bond acceptors (Lipinski definition) is 5.